The van der Waals surface area contributed by atoms with Crippen molar-refractivity contribution in [2.45, 2.75) is 46.7 Å². The molecule has 0 spiro atoms. The third kappa shape index (κ3) is 3.03. The van der Waals surface area contributed by atoms with E-state index in [1.165, 1.54) is 0 Å². The minimum absolute atomic E-state index is 0.378. The van der Waals surface area contributed by atoms with E-state index in [9.17, 15) is 0 Å². The zero-order valence-corrected chi connectivity index (χ0v) is 18.9. The highest BCUT2D eigenvalue weighted by Crippen LogP contribution is 2.62. The van der Waals surface area contributed by atoms with Crippen LogP contribution in [-0.4, -0.2) is 48.6 Å². The maximum absolute atomic E-state index is 2.54. The normalized spacial score (nSPS) is 15.0. The molecule has 0 aromatic heterocycles. The first-order valence-electron chi connectivity index (χ1n) is 6.20. The van der Waals surface area contributed by atoms with Crippen LogP contribution >= 0.6 is 47.0 Å². The lowest BCUT2D eigenvalue weighted by atomic mass is 10.8. The van der Waals surface area contributed by atoms with Gasteiger partial charge in [-0.15, -0.1) is 47.0 Å². The van der Waals surface area contributed by atoms with Crippen molar-refractivity contribution in [3.8, 4) is 0 Å². The largest absolute Gasteiger partial charge is 0.149 e. The second-order valence-electron chi connectivity index (χ2n) is 6.55. The molecule has 0 aromatic rings. The summed E-state index contributed by atoms with van der Waals surface area (Å²) in [4.78, 5) is 0. The van der Waals surface area contributed by atoms with Crippen LogP contribution in [0.15, 0.2) is 0 Å². The number of hydrogen-bond donors (Lipinski definition) is 0. The van der Waals surface area contributed by atoms with Crippen LogP contribution in [0.4, 0.5) is 0 Å². The van der Waals surface area contributed by atoms with Gasteiger partial charge in [0.1, 0.15) is 0 Å². The van der Waals surface area contributed by atoms with Crippen LogP contribution in [0.25, 0.3) is 0 Å². The summed E-state index contributed by atoms with van der Waals surface area (Å²) in [5.74, 6) is 0. The van der Waals surface area contributed by atoms with Crippen LogP contribution in [0.5, 0.6) is 0 Å². The van der Waals surface area contributed by atoms with Gasteiger partial charge in [0.15, 0.2) is 0 Å². The molecule has 0 amide bonds. The topological polar surface area (TPSA) is 0 Å². The number of thioether (sulfide) groups is 4. The lowest BCUT2D eigenvalue weighted by Gasteiger charge is -2.58. The Kier molecular flexibility index (Phi) is 7.42. The molecular formula is C12H30S4Si2. The van der Waals surface area contributed by atoms with Crippen molar-refractivity contribution in [3.05, 3.63) is 0 Å². The Balaban J connectivity index is 6.14. The second-order valence-corrected chi connectivity index (χ2v) is 23.1. The maximum Gasteiger partial charge on any atom is 0.0777 e. The average Bonchev–Trinajstić information content (AvgIpc) is 2.22. The summed E-state index contributed by atoms with van der Waals surface area (Å²) in [6.07, 6.45) is 9.32. The molecule has 110 valence electrons. The predicted octanol–water partition coefficient (Wildman–Crippen LogP) is 5.59. The third-order valence-electron chi connectivity index (χ3n) is 3.56. The van der Waals surface area contributed by atoms with Gasteiger partial charge in [-0.3, -0.25) is 0 Å². The highest BCUT2D eigenvalue weighted by molar-refractivity contribution is 8.27. The summed E-state index contributed by atoms with van der Waals surface area (Å²) in [6.45, 7) is 15.3. The van der Waals surface area contributed by atoms with Gasteiger partial charge in [0.05, 0.1) is 23.6 Å². The van der Waals surface area contributed by atoms with Crippen molar-refractivity contribution in [3.63, 3.8) is 0 Å². The van der Waals surface area contributed by atoms with Crippen LogP contribution in [0.1, 0.15) is 0 Å². The Hall–Kier alpha value is 1.83. The molecular weight excluding hydrogens is 329 g/mol. The molecule has 0 saturated heterocycles. The molecule has 0 unspecified atom stereocenters. The van der Waals surface area contributed by atoms with Gasteiger partial charge < -0.3 is 0 Å². The highest BCUT2D eigenvalue weighted by atomic mass is 32.2. The quantitative estimate of drug-likeness (QED) is 0.430. The van der Waals surface area contributed by atoms with Crippen molar-refractivity contribution in [2.24, 2.45) is 0 Å². The summed E-state index contributed by atoms with van der Waals surface area (Å²) in [5, 5.41) is 0. The van der Waals surface area contributed by atoms with Crippen LogP contribution in [0.3, 0.4) is 0 Å². The Morgan fingerprint density at radius 3 is 0.722 bits per heavy atom. The van der Waals surface area contributed by atoms with Gasteiger partial charge in [-0.25, -0.2) is 0 Å². The van der Waals surface area contributed by atoms with Crippen molar-refractivity contribution < 1.29 is 0 Å². The van der Waals surface area contributed by atoms with Gasteiger partial charge in [0.2, 0.25) is 0 Å². The minimum Gasteiger partial charge on any atom is -0.149 e. The fraction of sp³-hybridized carbons (Fsp3) is 1.00. The smallest absolute Gasteiger partial charge is 0.0777 e. The van der Waals surface area contributed by atoms with E-state index in [1.54, 1.807) is 0 Å². The first-order valence-corrected chi connectivity index (χ1v) is 18.1. The van der Waals surface area contributed by atoms with Gasteiger partial charge in [0.25, 0.3) is 0 Å². The van der Waals surface area contributed by atoms with E-state index in [0.29, 0.717) is 7.40 Å². The summed E-state index contributed by atoms with van der Waals surface area (Å²) < 4.78 is 0.757. The molecule has 0 fully saturated rings. The van der Waals surface area contributed by atoms with Crippen molar-refractivity contribution in [1.82, 2.24) is 0 Å². The lowest BCUT2D eigenvalue weighted by Crippen LogP contribution is -2.68. The Labute approximate surface area is 134 Å². The molecule has 0 N–H and O–H groups in total. The van der Waals surface area contributed by atoms with Gasteiger partial charge in [-0.05, 0) is 25.0 Å². The molecule has 0 atom stereocenters. The molecule has 0 heterocycles. The van der Waals surface area contributed by atoms with Crippen molar-refractivity contribution in [1.29, 1.82) is 0 Å². The van der Waals surface area contributed by atoms with Gasteiger partial charge in [0, 0.05) is 0 Å². The maximum atomic E-state index is 2.54. The third-order valence-corrected chi connectivity index (χ3v) is 25.1. The van der Waals surface area contributed by atoms with Gasteiger partial charge in [-0.2, -0.15) is 0 Å². The predicted molar refractivity (Wildman–Crippen MR) is 106 cm³/mol. The summed E-state index contributed by atoms with van der Waals surface area (Å²) in [6, 6.07) is 0. The van der Waals surface area contributed by atoms with E-state index in [0.717, 1.165) is 0 Å². The average molecular weight is 359 g/mol. The SMILES string of the molecule is CSC(SC)(C(SC)(SC)[Si](C)(C)C)[Si](C)(C)C. The van der Waals surface area contributed by atoms with E-state index in [1.807, 2.05) is 0 Å². The number of hydrogen-bond acceptors (Lipinski definition) is 4. The Morgan fingerprint density at radius 1 is 0.500 bits per heavy atom. The Morgan fingerprint density at radius 2 is 0.667 bits per heavy atom. The lowest BCUT2D eigenvalue weighted by molar-refractivity contribution is 1.05. The van der Waals surface area contributed by atoms with Crippen LogP contribution in [0, 0.1) is 0 Å². The molecule has 0 bridgehead atoms. The second kappa shape index (κ2) is 6.73. The molecule has 0 aliphatic heterocycles. The molecule has 0 rings (SSSR count). The first-order chi connectivity index (χ1) is 7.99. The fourth-order valence-corrected chi connectivity index (χ4v) is 26.2. The van der Waals surface area contributed by atoms with Gasteiger partial charge >= 0.3 is 0 Å². The monoisotopic (exact) mass is 358 g/mol. The Bertz CT molecular complexity index is 232. The molecule has 0 aliphatic rings. The molecule has 18 heavy (non-hydrogen) atoms. The number of rotatable bonds is 7. The van der Waals surface area contributed by atoms with Gasteiger partial charge in [-0.1, -0.05) is 39.3 Å². The van der Waals surface area contributed by atoms with E-state index in [2.05, 4.69) is 111 Å². The molecule has 0 saturated carbocycles. The van der Waals surface area contributed by atoms with E-state index < -0.39 is 16.1 Å². The molecule has 0 nitrogen and oxygen atoms in total. The first kappa shape index (κ1) is 19.8. The fourth-order valence-electron chi connectivity index (χ4n) is 2.92. The molecule has 0 radical (unpaired) electrons. The highest BCUT2D eigenvalue weighted by Gasteiger charge is 2.62. The zero-order chi connectivity index (χ0) is 14.8. The van der Waals surface area contributed by atoms with Crippen molar-refractivity contribution in [2.75, 3.05) is 25.0 Å². The molecule has 0 aliphatic carbocycles. The molecule has 6 heteroatoms. The van der Waals surface area contributed by atoms with Crippen LogP contribution in [-0.2, 0) is 0 Å². The summed E-state index contributed by atoms with van der Waals surface area (Å²) in [5.41, 5.74) is 0. The van der Waals surface area contributed by atoms with E-state index in [4.69, 9.17) is 0 Å². The standard InChI is InChI=1S/C12H30S4Si2/c1-13-11(14-2,17(5,6)7)12(15-3,16-4)18(8,9)10/h1-10H3. The van der Waals surface area contributed by atoms with Crippen LogP contribution < -0.4 is 0 Å². The summed E-state index contributed by atoms with van der Waals surface area (Å²) >= 11 is 8.50. The zero-order valence-electron chi connectivity index (χ0n) is 13.6. The van der Waals surface area contributed by atoms with Crippen molar-refractivity contribution >= 4 is 63.2 Å². The van der Waals surface area contributed by atoms with E-state index in [-0.39, 0.29) is 0 Å². The minimum atomic E-state index is -1.31. The molecule has 0 aromatic carbocycles. The van der Waals surface area contributed by atoms with E-state index >= 15 is 0 Å². The van der Waals surface area contributed by atoms with Crippen LogP contribution in [0.2, 0.25) is 39.3 Å². The summed E-state index contributed by atoms with van der Waals surface area (Å²) in [7, 11) is -2.61.